The summed E-state index contributed by atoms with van der Waals surface area (Å²) in [5.74, 6) is -1.65. The Morgan fingerprint density at radius 2 is 2.21 bits per heavy atom. The first-order valence-electron chi connectivity index (χ1n) is 6.32. The number of hydrogen-bond acceptors (Lipinski definition) is 5. The fraction of sp³-hybridized carbons (Fsp3) is 0.750. The number of aliphatic carboxylic acids is 1. The van der Waals surface area contributed by atoms with Crippen LogP contribution in [0, 0.1) is 5.92 Å². The standard InChI is InChI=1S/C12H20N2O5/c1-19-11(16)3-2-9(12(17)18)14-10(15)6-8-4-5-13-7-8/h8-9,13H,2-7H2,1H3,(H,14,15)(H,17,18). The van der Waals surface area contributed by atoms with Crippen LogP contribution in [0.3, 0.4) is 0 Å². The van der Waals surface area contributed by atoms with Gasteiger partial charge in [-0.1, -0.05) is 0 Å². The van der Waals surface area contributed by atoms with Crippen LogP contribution in [-0.2, 0) is 19.1 Å². The Kier molecular flexibility index (Phi) is 6.27. The van der Waals surface area contributed by atoms with Gasteiger partial charge in [-0.3, -0.25) is 9.59 Å². The molecule has 1 saturated heterocycles. The third-order valence-electron chi connectivity index (χ3n) is 3.13. The van der Waals surface area contributed by atoms with Crippen LogP contribution in [0.5, 0.6) is 0 Å². The third-order valence-corrected chi connectivity index (χ3v) is 3.13. The van der Waals surface area contributed by atoms with E-state index in [0.29, 0.717) is 6.42 Å². The summed E-state index contributed by atoms with van der Waals surface area (Å²) < 4.78 is 4.44. The first kappa shape index (κ1) is 15.4. The minimum absolute atomic E-state index is 0.0290. The van der Waals surface area contributed by atoms with Gasteiger partial charge in [-0.25, -0.2) is 4.79 Å². The molecule has 19 heavy (non-hydrogen) atoms. The second kappa shape index (κ2) is 7.73. The average molecular weight is 272 g/mol. The first-order chi connectivity index (χ1) is 9.02. The van der Waals surface area contributed by atoms with Gasteiger partial charge in [0.25, 0.3) is 0 Å². The molecule has 1 amide bonds. The molecule has 3 N–H and O–H groups in total. The highest BCUT2D eigenvalue weighted by atomic mass is 16.5. The van der Waals surface area contributed by atoms with Crippen molar-refractivity contribution in [3.8, 4) is 0 Å². The summed E-state index contributed by atoms with van der Waals surface area (Å²) in [6.45, 7) is 1.68. The quantitative estimate of drug-likeness (QED) is 0.540. The van der Waals surface area contributed by atoms with E-state index in [1.165, 1.54) is 7.11 Å². The molecular formula is C12H20N2O5. The molecule has 7 nitrogen and oxygen atoms in total. The van der Waals surface area contributed by atoms with Crippen LogP contribution in [-0.4, -0.2) is 49.2 Å². The molecule has 0 saturated carbocycles. The molecule has 2 unspecified atom stereocenters. The zero-order valence-corrected chi connectivity index (χ0v) is 11.0. The lowest BCUT2D eigenvalue weighted by atomic mass is 10.0. The van der Waals surface area contributed by atoms with Crippen molar-refractivity contribution >= 4 is 17.8 Å². The van der Waals surface area contributed by atoms with E-state index in [4.69, 9.17) is 5.11 Å². The van der Waals surface area contributed by atoms with E-state index in [-0.39, 0.29) is 24.7 Å². The molecular weight excluding hydrogens is 252 g/mol. The molecule has 1 rings (SSSR count). The SMILES string of the molecule is COC(=O)CCC(NC(=O)CC1CCNC1)C(=O)O. The van der Waals surface area contributed by atoms with Gasteiger partial charge < -0.3 is 20.5 Å². The molecule has 0 aromatic rings. The molecule has 1 heterocycles. The highest BCUT2D eigenvalue weighted by molar-refractivity contribution is 5.84. The molecule has 7 heteroatoms. The van der Waals surface area contributed by atoms with E-state index in [1.54, 1.807) is 0 Å². The second-order valence-corrected chi connectivity index (χ2v) is 4.64. The molecule has 0 radical (unpaired) electrons. The Hall–Kier alpha value is -1.63. The molecule has 1 aliphatic heterocycles. The molecule has 108 valence electrons. The van der Waals surface area contributed by atoms with Crippen molar-refractivity contribution in [2.45, 2.75) is 31.7 Å². The van der Waals surface area contributed by atoms with Crippen molar-refractivity contribution in [2.75, 3.05) is 20.2 Å². The number of esters is 1. The highest BCUT2D eigenvalue weighted by Crippen LogP contribution is 2.12. The van der Waals surface area contributed by atoms with E-state index in [1.807, 2.05) is 0 Å². The van der Waals surface area contributed by atoms with E-state index in [9.17, 15) is 14.4 Å². The number of carbonyl (C=O) groups is 3. The third kappa shape index (κ3) is 5.69. The van der Waals surface area contributed by atoms with Crippen molar-refractivity contribution < 1.29 is 24.2 Å². The number of carbonyl (C=O) groups excluding carboxylic acids is 2. The molecule has 0 aromatic carbocycles. The molecule has 0 bridgehead atoms. The predicted molar refractivity (Wildman–Crippen MR) is 66.4 cm³/mol. The highest BCUT2D eigenvalue weighted by Gasteiger charge is 2.24. The zero-order chi connectivity index (χ0) is 14.3. The number of nitrogens with one attached hydrogen (secondary N) is 2. The van der Waals surface area contributed by atoms with Gasteiger partial charge in [0.05, 0.1) is 7.11 Å². The number of rotatable bonds is 7. The van der Waals surface area contributed by atoms with Gasteiger partial charge in [0, 0.05) is 12.8 Å². The Labute approximate surface area is 111 Å². The monoisotopic (exact) mass is 272 g/mol. The minimum atomic E-state index is -1.14. The average Bonchev–Trinajstić information content (AvgIpc) is 2.86. The lowest BCUT2D eigenvalue weighted by Gasteiger charge is -2.15. The van der Waals surface area contributed by atoms with Crippen LogP contribution in [0.1, 0.15) is 25.7 Å². The zero-order valence-electron chi connectivity index (χ0n) is 11.0. The van der Waals surface area contributed by atoms with E-state index in [0.717, 1.165) is 19.5 Å². The van der Waals surface area contributed by atoms with Crippen LogP contribution in [0.15, 0.2) is 0 Å². The van der Waals surface area contributed by atoms with E-state index < -0.39 is 18.0 Å². The summed E-state index contributed by atoms with van der Waals surface area (Å²) in [5.41, 5.74) is 0. The summed E-state index contributed by atoms with van der Waals surface area (Å²) in [7, 11) is 1.24. The van der Waals surface area contributed by atoms with Crippen molar-refractivity contribution in [3.05, 3.63) is 0 Å². The summed E-state index contributed by atoms with van der Waals surface area (Å²) in [5, 5.41) is 14.6. The Balaban J connectivity index is 2.36. The van der Waals surface area contributed by atoms with Crippen LogP contribution in [0.4, 0.5) is 0 Å². The maximum Gasteiger partial charge on any atom is 0.326 e. The van der Waals surface area contributed by atoms with Crippen molar-refractivity contribution in [2.24, 2.45) is 5.92 Å². The Morgan fingerprint density at radius 1 is 1.47 bits per heavy atom. The first-order valence-corrected chi connectivity index (χ1v) is 6.32. The number of amides is 1. The number of carboxylic acids is 1. The van der Waals surface area contributed by atoms with Crippen LogP contribution in [0.25, 0.3) is 0 Å². The van der Waals surface area contributed by atoms with Crippen molar-refractivity contribution in [3.63, 3.8) is 0 Å². The Morgan fingerprint density at radius 3 is 2.74 bits per heavy atom. The Bertz CT molecular complexity index is 339. The number of carboxylic acid groups (broad SMARTS) is 1. The summed E-state index contributed by atoms with van der Waals surface area (Å²) in [6, 6.07) is -1.04. The van der Waals surface area contributed by atoms with Crippen molar-refractivity contribution in [1.82, 2.24) is 10.6 Å². The van der Waals surface area contributed by atoms with Gasteiger partial charge in [-0.15, -0.1) is 0 Å². The maximum absolute atomic E-state index is 11.7. The summed E-state index contributed by atoms with van der Waals surface area (Å²) in [6.07, 6.45) is 1.25. The molecule has 1 aliphatic rings. The number of ether oxygens (including phenoxy) is 1. The smallest absolute Gasteiger partial charge is 0.326 e. The van der Waals surface area contributed by atoms with Gasteiger partial charge in [-0.2, -0.15) is 0 Å². The fourth-order valence-corrected chi connectivity index (χ4v) is 2.03. The number of hydrogen-bond donors (Lipinski definition) is 3. The lowest BCUT2D eigenvalue weighted by molar-refractivity contribution is -0.144. The lowest BCUT2D eigenvalue weighted by Crippen LogP contribution is -2.41. The largest absolute Gasteiger partial charge is 0.480 e. The van der Waals surface area contributed by atoms with Gasteiger partial charge >= 0.3 is 11.9 Å². The van der Waals surface area contributed by atoms with Crippen LogP contribution in [0.2, 0.25) is 0 Å². The summed E-state index contributed by atoms with van der Waals surface area (Å²) >= 11 is 0. The normalized spacial score (nSPS) is 19.7. The van der Waals surface area contributed by atoms with E-state index >= 15 is 0 Å². The molecule has 0 spiro atoms. The maximum atomic E-state index is 11.7. The predicted octanol–water partition coefficient (Wildman–Crippen LogP) is -0.491. The number of methoxy groups -OCH3 is 1. The van der Waals surface area contributed by atoms with Gasteiger partial charge in [-0.05, 0) is 31.8 Å². The van der Waals surface area contributed by atoms with Gasteiger partial charge in [0.15, 0.2) is 0 Å². The fourth-order valence-electron chi connectivity index (χ4n) is 2.03. The summed E-state index contributed by atoms with van der Waals surface area (Å²) in [4.78, 5) is 33.7. The van der Waals surface area contributed by atoms with Crippen LogP contribution >= 0.6 is 0 Å². The van der Waals surface area contributed by atoms with Gasteiger partial charge in [0.1, 0.15) is 6.04 Å². The topological polar surface area (TPSA) is 105 Å². The van der Waals surface area contributed by atoms with E-state index in [2.05, 4.69) is 15.4 Å². The molecule has 2 atom stereocenters. The van der Waals surface area contributed by atoms with Crippen LogP contribution < -0.4 is 10.6 Å². The minimum Gasteiger partial charge on any atom is -0.480 e. The molecule has 0 aliphatic carbocycles. The van der Waals surface area contributed by atoms with Crippen molar-refractivity contribution in [1.29, 1.82) is 0 Å². The molecule has 0 aromatic heterocycles. The second-order valence-electron chi connectivity index (χ2n) is 4.64. The molecule has 1 fully saturated rings. The van der Waals surface area contributed by atoms with Gasteiger partial charge in [0.2, 0.25) is 5.91 Å².